The third-order valence-corrected chi connectivity index (χ3v) is 8.49. The van der Waals surface area contributed by atoms with Crippen molar-refractivity contribution in [2.45, 2.75) is 120 Å². The largest absolute Gasteiger partial charge is 0.311 e. The zero-order valence-electron chi connectivity index (χ0n) is 20.5. The van der Waals surface area contributed by atoms with Crippen molar-refractivity contribution in [3.05, 3.63) is 0 Å². The molecule has 8 unspecified atom stereocenters. The lowest BCUT2D eigenvalue weighted by Crippen LogP contribution is -2.32. The van der Waals surface area contributed by atoms with Gasteiger partial charge in [-0.15, -0.1) is 0 Å². The SMILES string of the molecule is CCCCC(C)C(CCC1NC(C)C(CC(C)C(C)C)C1C)C(C)C(C)C. The van der Waals surface area contributed by atoms with Crippen LogP contribution in [0.1, 0.15) is 108 Å². The zero-order chi connectivity index (χ0) is 20.7. The van der Waals surface area contributed by atoms with Gasteiger partial charge in [-0.25, -0.2) is 0 Å². The second kappa shape index (κ2) is 11.8. The lowest BCUT2D eigenvalue weighted by Gasteiger charge is -2.34. The number of hydrogen-bond donors (Lipinski definition) is 1. The van der Waals surface area contributed by atoms with E-state index in [-0.39, 0.29) is 0 Å². The molecule has 0 amide bonds. The van der Waals surface area contributed by atoms with Gasteiger partial charge in [-0.2, -0.15) is 0 Å². The summed E-state index contributed by atoms with van der Waals surface area (Å²) in [4.78, 5) is 0. The summed E-state index contributed by atoms with van der Waals surface area (Å²) in [7, 11) is 0. The second-order valence-electron chi connectivity index (χ2n) is 11.0. The van der Waals surface area contributed by atoms with E-state index in [0.717, 1.165) is 53.4 Å². The third kappa shape index (κ3) is 7.37. The van der Waals surface area contributed by atoms with E-state index in [0.29, 0.717) is 6.04 Å². The van der Waals surface area contributed by atoms with Gasteiger partial charge in [0.25, 0.3) is 0 Å². The topological polar surface area (TPSA) is 12.0 Å². The Kier molecular flexibility index (Phi) is 11.0. The highest BCUT2D eigenvalue weighted by Crippen LogP contribution is 2.39. The van der Waals surface area contributed by atoms with Gasteiger partial charge in [0.15, 0.2) is 0 Å². The average Bonchev–Trinajstić information content (AvgIpc) is 2.87. The highest BCUT2D eigenvalue weighted by Gasteiger charge is 2.39. The van der Waals surface area contributed by atoms with E-state index in [2.05, 4.69) is 74.6 Å². The van der Waals surface area contributed by atoms with Crippen LogP contribution in [-0.2, 0) is 0 Å². The third-order valence-electron chi connectivity index (χ3n) is 8.49. The Hall–Kier alpha value is -0.0400. The molecule has 1 rings (SSSR count). The molecule has 27 heavy (non-hydrogen) atoms. The number of hydrogen-bond acceptors (Lipinski definition) is 1. The van der Waals surface area contributed by atoms with Gasteiger partial charge in [0, 0.05) is 12.1 Å². The van der Waals surface area contributed by atoms with Gasteiger partial charge in [0.2, 0.25) is 0 Å². The van der Waals surface area contributed by atoms with E-state index in [1.807, 2.05) is 0 Å². The molecular weight excluding hydrogens is 326 g/mol. The Balaban J connectivity index is 2.68. The Labute approximate surface area is 172 Å². The Morgan fingerprint density at radius 3 is 1.96 bits per heavy atom. The molecule has 0 aromatic carbocycles. The van der Waals surface area contributed by atoms with Crippen LogP contribution in [0, 0.1) is 47.3 Å². The smallest absolute Gasteiger partial charge is 0.00986 e. The van der Waals surface area contributed by atoms with Crippen LogP contribution in [0.3, 0.4) is 0 Å². The lowest BCUT2D eigenvalue weighted by atomic mass is 9.72. The maximum absolute atomic E-state index is 4.00. The number of unbranched alkanes of at least 4 members (excludes halogenated alkanes) is 1. The first-order valence-electron chi connectivity index (χ1n) is 12.4. The molecule has 1 heteroatoms. The molecule has 0 aliphatic carbocycles. The molecular formula is C26H53N. The number of nitrogens with one attached hydrogen (secondary N) is 1. The molecule has 1 fully saturated rings. The molecule has 0 aromatic heterocycles. The Morgan fingerprint density at radius 1 is 0.815 bits per heavy atom. The fourth-order valence-corrected chi connectivity index (χ4v) is 5.51. The van der Waals surface area contributed by atoms with Crippen molar-refractivity contribution in [2.24, 2.45) is 47.3 Å². The van der Waals surface area contributed by atoms with Crippen molar-refractivity contribution in [2.75, 3.05) is 0 Å². The number of rotatable bonds is 12. The zero-order valence-corrected chi connectivity index (χ0v) is 20.5. The summed E-state index contributed by atoms with van der Waals surface area (Å²) in [6.45, 7) is 24.4. The van der Waals surface area contributed by atoms with E-state index in [1.54, 1.807) is 0 Å². The summed E-state index contributed by atoms with van der Waals surface area (Å²) < 4.78 is 0. The molecule has 0 aromatic rings. The predicted octanol–water partition coefficient (Wildman–Crippen LogP) is 7.80. The van der Waals surface area contributed by atoms with Crippen molar-refractivity contribution in [3.8, 4) is 0 Å². The maximum Gasteiger partial charge on any atom is 0.00986 e. The fourth-order valence-electron chi connectivity index (χ4n) is 5.51. The van der Waals surface area contributed by atoms with Crippen LogP contribution in [0.2, 0.25) is 0 Å². The molecule has 0 saturated carbocycles. The van der Waals surface area contributed by atoms with Crippen molar-refractivity contribution in [1.82, 2.24) is 5.32 Å². The van der Waals surface area contributed by atoms with Gasteiger partial charge in [-0.05, 0) is 73.5 Å². The van der Waals surface area contributed by atoms with E-state index >= 15 is 0 Å². The van der Waals surface area contributed by atoms with Gasteiger partial charge >= 0.3 is 0 Å². The summed E-state index contributed by atoms with van der Waals surface area (Å²) in [5.74, 6) is 6.70. The standard InChI is InChI=1S/C26H53N/c1-11-12-13-19(6)24(21(8)18(4)5)14-15-26-22(9)25(23(10)27-26)16-20(7)17(2)3/h17-27H,11-16H2,1-10H3. The molecule has 1 aliphatic rings. The molecule has 1 heterocycles. The molecule has 8 atom stereocenters. The normalized spacial score (nSPS) is 30.7. The monoisotopic (exact) mass is 379 g/mol. The predicted molar refractivity (Wildman–Crippen MR) is 123 cm³/mol. The van der Waals surface area contributed by atoms with Gasteiger partial charge in [-0.1, -0.05) is 81.6 Å². The summed E-state index contributed by atoms with van der Waals surface area (Å²) in [6, 6.07) is 1.41. The highest BCUT2D eigenvalue weighted by atomic mass is 15.0. The summed E-state index contributed by atoms with van der Waals surface area (Å²) in [6.07, 6.45) is 8.31. The second-order valence-corrected chi connectivity index (χ2v) is 11.0. The Morgan fingerprint density at radius 2 is 1.44 bits per heavy atom. The summed E-state index contributed by atoms with van der Waals surface area (Å²) in [5, 5.41) is 4.00. The van der Waals surface area contributed by atoms with E-state index in [4.69, 9.17) is 0 Å². The minimum absolute atomic E-state index is 0.685. The van der Waals surface area contributed by atoms with Gasteiger partial charge in [0.1, 0.15) is 0 Å². The van der Waals surface area contributed by atoms with Crippen LogP contribution >= 0.6 is 0 Å². The van der Waals surface area contributed by atoms with E-state index in [9.17, 15) is 0 Å². The lowest BCUT2D eigenvalue weighted by molar-refractivity contribution is 0.169. The molecule has 1 N–H and O–H groups in total. The maximum atomic E-state index is 4.00. The quantitative estimate of drug-likeness (QED) is 0.365. The molecule has 162 valence electrons. The molecule has 0 spiro atoms. The first kappa shape index (κ1) is 25.0. The van der Waals surface area contributed by atoms with Crippen LogP contribution in [0.4, 0.5) is 0 Å². The fraction of sp³-hybridized carbons (Fsp3) is 1.00. The van der Waals surface area contributed by atoms with Gasteiger partial charge in [0.05, 0.1) is 0 Å². The van der Waals surface area contributed by atoms with Crippen LogP contribution < -0.4 is 5.32 Å². The minimum Gasteiger partial charge on any atom is -0.311 e. The van der Waals surface area contributed by atoms with Crippen molar-refractivity contribution < 1.29 is 0 Å². The Bertz CT molecular complexity index is 388. The molecule has 1 nitrogen and oxygen atoms in total. The molecule has 1 aliphatic heterocycles. The van der Waals surface area contributed by atoms with E-state index < -0.39 is 0 Å². The summed E-state index contributed by atoms with van der Waals surface area (Å²) in [5.41, 5.74) is 0. The van der Waals surface area contributed by atoms with Crippen molar-refractivity contribution >= 4 is 0 Å². The van der Waals surface area contributed by atoms with Crippen LogP contribution in [0.25, 0.3) is 0 Å². The molecule has 0 radical (unpaired) electrons. The van der Waals surface area contributed by atoms with Gasteiger partial charge in [-0.3, -0.25) is 0 Å². The van der Waals surface area contributed by atoms with Crippen molar-refractivity contribution in [3.63, 3.8) is 0 Å². The molecule has 0 bridgehead atoms. The van der Waals surface area contributed by atoms with E-state index in [1.165, 1.54) is 38.5 Å². The first-order valence-corrected chi connectivity index (χ1v) is 12.4. The van der Waals surface area contributed by atoms with Crippen molar-refractivity contribution in [1.29, 1.82) is 0 Å². The minimum atomic E-state index is 0.685. The van der Waals surface area contributed by atoms with Gasteiger partial charge < -0.3 is 5.32 Å². The van der Waals surface area contributed by atoms with Crippen LogP contribution in [0.15, 0.2) is 0 Å². The summed E-state index contributed by atoms with van der Waals surface area (Å²) >= 11 is 0. The molecule has 1 saturated heterocycles. The first-order chi connectivity index (χ1) is 12.6. The van der Waals surface area contributed by atoms with Crippen LogP contribution in [-0.4, -0.2) is 12.1 Å². The highest BCUT2D eigenvalue weighted by molar-refractivity contribution is 4.94. The van der Waals surface area contributed by atoms with Crippen LogP contribution in [0.5, 0.6) is 0 Å². The average molecular weight is 380 g/mol.